The van der Waals surface area contributed by atoms with Crippen LogP contribution in [0.4, 0.5) is 5.69 Å². The van der Waals surface area contributed by atoms with E-state index in [1.54, 1.807) is 0 Å². The van der Waals surface area contributed by atoms with Crippen molar-refractivity contribution in [1.29, 1.82) is 0 Å². The molecule has 0 aliphatic heterocycles. The minimum absolute atomic E-state index is 0.437. The molecule has 0 heterocycles. The topological polar surface area (TPSA) is 24.7 Å². The zero-order valence-corrected chi connectivity index (χ0v) is 11.0. The number of fused-ring (bicyclic) bond motifs is 1. The van der Waals surface area contributed by atoms with E-state index in [9.17, 15) is 0 Å². The van der Waals surface area contributed by atoms with E-state index in [4.69, 9.17) is 0 Å². The van der Waals surface area contributed by atoms with Crippen LogP contribution in [0.5, 0.6) is 0 Å². The maximum Gasteiger partial charge on any atom is 0.0952 e. The Kier molecular flexibility index (Phi) is 3.71. The van der Waals surface area contributed by atoms with Crippen LogP contribution in [0.3, 0.4) is 0 Å². The second kappa shape index (κ2) is 5.81. The van der Waals surface area contributed by atoms with Crippen LogP contribution < -0.4 is 0 Å². The van der Waals surface area contributed by atoms with Crippen molar-refractivity contribution >= 4 is 22.5 Å². The molecule has 1 fully saturated rings. The van der Waals surface area contributed by atoms with Gasteiger partial charge in [0.25, 0.3) is 0 Å². The van der Waals surface area contributed by atoms with Crippen LogP contribution >= 0.6 is 0 Å². The van der Waals surface area contributed by atoms with Gasteiger partial charge in [0.15, 0.2) is 0 Å². The second-order valence-corrected chi connectivity index (χ2v) is 5.13. The molecule has 3 rings (SSSR count). The first kappa shape index (κ1) is 12.1. The molecule has 0 unspecified atom stereocenters. The maximum absolute atomic E-state index is 4.47. The van der Waals surface area contributed by atoms with Gasteiger partial charge >= 0.3 is 0 Å². The van der Waals surface area contributed by atoms with Gasteiger partial charge in [-0.15, -0.1) is 0 Å². The minimum atomic E-state index is 0.437. The second-order valence-electron chi connectivity index (χ2n) is 5.13. The average Bonchev–Trinajstić information content (AvgIpc) is 2.49. The van der Waals surface area contributed by atoms with Crippen LogP contribution in [0.1, 0.15) is 32.1 Å². The van der Waals surface area contributed by atoms with Gasteiger partial charge in [0.05, 0.1) is 17.7 Å². The number of aliphatic imine (C=N–C) groups is 2. The molecule has 2 heteroatoms. The summed E-state index contributed by atoms with van der Waals surface area (Å²) in [7, 11) is 0. The van der Waals surface area contributed by atoms with Crippen molar-refractivity contribution in [3.05, 3.63) is 42.5 Å². The third-order valence-electron chi connectivity index (χ3n) is 3.75. The average molecular weight is 250 g/mol. The summed E-state index contributed by atoms with van der Waals surface area (Å²) in [6.45, 7) is 0. The van der Waals surface area contributed by atoms with E-state index in [-0.39, 0.29) is 0 Å². The van der Waals surface area contributed by atoms with Crippen LogP contribution in [0.15, 0.2) is 52.4 Å². The molecule has 2 aromatic rings. The van der Waals surface area contributed by atoms with Gasteiger partial charge in [-0.05, 0) is 24.3 Å². The Bertz CT molecular complexity index is 613. The van der Waals surface area contributed by atoms with Gasteiger partial charge in [-0.2, -0.15) is 4.99 Å². The summed E-state index contributed by atoms with van der Waals surface area (Å²) in [5, 5.41) is 2.37. The van der Waals surface area contributed by atoms with Crippen molar-refractivity contribution in [2.24, 2.45) is 9.98 Å². The molecule has 0 spiro atoms. The standard InChI is InChI=1S/C17H18N2/c1-2-9-15(10-3-1)18-13-19-17-12-6-8-14-7-4-5-11-16(14)17/h4-8,11-12,15H,1-3,9-10H2. The summed E-state index contributed by atoms with van der Waals surface area (Å²) in [6, 6.07) is 17.8. The highest BCUT2D eigenvalue weighted by molar-refractivity contribution is 5.93. The van der Waals surface area contributed by atoms with Gasteiger partial charge in [0.2, 0.25) is 0 Å². The quantitative estimate of drug-likeness (QED) is 0.672. The fraction of sp³-hybridized carbons (Fsp3) is 0.353. The van der Waals surface area contributed by atoms with E-state index in [0.717, 1.165) is 11.1 Å². The predicted octanol–water partition coefficient (Wildman–Crippen LogP) is 4.98. The van der Waals surface area contributed by atoms with Gasteiger partial charge in [-0.25, -0.2) is 4.99 Å². The largest absolute Gasteiger partial charge is 0.222 e. The molecule has 1 saturated carbocycles. The molecular formula is C17H18N2. The zero-order valence-electron chi connectivity index (χ0n) is 11.0. The molecule has 2 nitrogen and oxygen atoms in total. The van der Waals surface area contributed by atoms with E-state index in [2.05, 4.69) is 34.2 Å². The Morgan fingerprint density at radius 2 is 1.68 bits per heavy atom. The molecule has 0 N–H and O–H groups in total. The zero-order chi connectivity index (χ0) is 12.9. The van der Waals surface area contributed by atoms with Gasteiger partial charge < -0.3 is 0 Å². The highest BCUT2D eigenvalue weighted by Gasteiger charge is 2.10. The number of hydrogen-bond acceptors (Lipinski definition) is 2. The van der Waals surface area contributed by atoms with Crippen LogP contribution in [-0.2, 0) is 0 Å². The lowest BCUT2D eigenvalue weighted by molar-refractivity contribution is 0.444. The van der Waals surface area contributed by atoms with Crippen molar-refractivity contribution in [3.63, 3.8) is 0 Å². The van der Waals surface area contributed by atoms with Crippen LogP contribution in [0.25, 0.3) is 10.8 Å². The Labute approximate surface area is 113 Å². The monoisotopic (exact) mass is 250 g/mol. The molecule has 0 aromatic heterocycles. The first-order valence-electron chi connectivity index (χ1n) is 7.07. The van der Waals surface area contributed by atoms with E-state index >= 15 is 0 Å². The van der Waals surface area contributed by atoms with Crippen LogP contribution in [0, 0.1) is 0 Å². The Balaban J connectivity index is 1.86. The number of nitrogens with zero attached hydrogens (tertiary/aromatic N) is 2. The van der Waals surface area contributed by atoms with E-state index in [1.165, 1.54) is 37.5 Å². The molecule has 19 heavy (non-hydrogen) atoms. The van der Waals surface area contributed by atoms with E-state index < -0.39 is 0 Å². The van der Waals surface area contributed by atoms with Crippen molar-refractivity contribution in [2.45, 2.75) is 38.1 Å². The Hall–Kier alpha value is -1.92. The van der Waals surface area contributed by atoms with E-state index in [0.29, 0.717) is 6.04 Å². The first-order chi connectivity index (χ1) is 9.43. The number of hydrogen-bond donors (Lipinski definition) is 0. The van der Waals surface area contributed by atoms with Gasteiger partial charge in [-0.3, -0.25) is 0 Å². The third-order valence-corrected chi connectivity index (χ3v) is 3.75. The molecule has 0 atom stereocenters. The van der Waals surface area contributed by atoms with E-state index in [1.807, 2.05) is 24.3 Å². The lowest BCUT2D eigenvalue weighted by Gasteiger charge is -2.15. The Morgan fingerprint density at radius 1 is 0.895 bits per heavy atom. The fourth-order valence-electron chi connectivity index (χ4n) is 2.68. The lowest BCUT2D eigenvalue weighted by Crippen LogP contribution is -2.08. The molecule has 0 saturated heterocycles. The van der Waals surface area contributed by atoms with Gasteiger partial charge in [0, 0.05) is 5.39 Å². The molecule has 96 valence electrons. The smallest absolute Gasteiger partial charge is 0.0952 e. The molecule has 0 radical (unpaired) electrons. The summed E-state index contributed by atoms with van der Waals surface area (Å²) in [5.41, 5.74) is 0.956. The molecular weight excluding hydrogens is 232 g/mol. The van der Waals surface area contributed by atoms with Crippen LogP contribution in [-0.4, -0.2) is 12.1 Å². The van der Waals surface area contributed by atoms with Gasteiger partial charge in [0.1, 0.15) is 0 Å². The van der Waals surface area contributed by atoms with Gasteiger partial charge in [-0.1, -0.05) is 55.7 Å². The maximum atomic E-state index is 4.47. The predicted molar refractivity (Wildman–Crippen MR) is 80.3 cm³/mol. The van der Waals surface area contributed by atoms with Crippen molar-refractivity contribution in [3.8, 4) is 0 Å². The number of benzene rings is 2. The van der Waals surface area contributed by atoms with Crippen molar-refractivity contribution in [1.82, 2.24) is 0 Å². The summed E-state index contributed by atoms with van der Waals surface area (Å²) in [6.07, 6.45) is 6.33. The SMILES string of the molecule is C(=Nc1cccc2ccccc12)=NC1CCCCC1. The summed E-state index contributed by atoms with van der Waals surface area (Å²) < 4.78 is 0. The van der Waals surface area contributed by atoms with Crippen LogP contribution in [0.2, 0.25) is 0 Å². The summed E-state index contributed by atoms with van der Waals surface area (Å²) in [4.78, 5) is 8.88. The molecule has 1 aliphatic rings. The Morgan fingerprint density at radius 3 is 2.58 bits per heavy atom. The molecule has 0 bridgehead atoms. The lowest BCUT2D eigenvalue weighted by atomic mass is 9.96. The minimum Gasteiger partial charge on any atom is -0.222 e. The third kappa shape index (κ3) is 2.91. The van der Waals surface area contributed by atoms with Crippen molar-refractivity contribution in [2.75, 3.05) is 0 Å². The molecule has 0 amide bonds. The summed E-state index contributed by atoms with van der Waals surface area (Å²) in [5.74, 6) is 0. The number of rotatable bonds is 2. The first-order valence-corrected chi connectivity index (χ1v) is 7.07. The molecule has 2 aromatic carbocycles. The van der Waals surface area contributed by atoms with Crippen molar-refractivity contribution < 1.29 is 0 Å². The normalized spacial score (nSPS) is 16.0. The highest BCUT2D eigenvalue weighted by atomic mass is 14.8. The molecule has 1 aliphatic carbocycles. The fourth-order valence-corrected chi connectivity index (χ4v) is 2.68. The summed E-state index contributed by atoms with van der Waals surface area (Å²) >= 11 is 0. The highest BCUT2D eigenvalue weighted by Crippen LogP contribution is 2.25.